The Labute approximate surface area is 174 Å². The number of ether oxygens (including phenoxy) is 3. The number of terminal acetylenes is 1. The summed E-state index contributed by atoms with van der Waals surface area (Å²) in [7, 11) is 1.47. The van der Waals surface area contributed by atoms with E-state index in [2.05, 4.69) is 12.0 Å². The van der Waals surface area contributed by atoms with Gasteiger partial charge in [0.1, 0.15) is 24.0 Å². The normalized spacial score (nSPS) is 20.3. The van der Waals surface area contributed by atoms with Gasteiger partial charge in [0, 0.05) is 18.4 Å². The highest BCUT2D eigenvalue weighted by Gasteiger charge is 2.43. The van der Waals surface area contributed by atoms with Gasteiger partial charge in [-0.05, 0) is 23.1 Å². The summed E-state index contributed by atoms with van der Waals surface area (Å²) in [5, 5.41) is 9.98. The fourth-order valence-electron chi connectivity index (χ4n) is 3.78. The summed E-state index contributed by atoms with van der Waals surface area (Å²) >= 11 is 6.42. The van der Waals surface area contributed by atoms with Gasteiger partial charge < -0.3 is 19.9 Å². The molecule has 0 radical (unpaired) electrons. The van der Waals surface area contributed by atoms with E-state index in [-0.39, 0.29) is 34.3 Å². The minimum absolute atomic E-state index is 0.00972. The van der Waals surface area contributed by atoms with E-state index in [1.165, 1.54) is 7.11 Å². The summed E-state index contributed by atoms with van der Waals surface area (Å²) in [5.74, 6) is 2.72. The van der Waals surface area contributed by atoms with Crippen molar-refractivity contribution >= 4 is 17.4 Å². The number of hydrogen-bond acceptors (Lipinski definition) is 6. The van der Waals surface area contributed by atoms with Crippen LogP contribution >= 0.6 is 11.6 Å². The highest BCUT2D eigenvalue weighted by molar-refractivity contribution is 6.32. The van der Waals surface area contributed by atoms with Crippen LogP contribution in [0.1, 0.15) is 38.2 Å². The van der Waals surface area contributed by atoms with Crippen LogP contribution in [-0.2, 0) is 9.53 Å². The van der Waals surface area contributed by atoms with E-state index in [0.29, 0.717) is 41.2 Å². The van der Waals surface area contributed by atoms with E-state index < -0.39 is 5.92 Å². The largest absolute Gasteiger partial charge is 0.493 e. The molecule has 1 aliphatic heterocycles. The van der Waals surface area contributed by atoms with Crippen LogP contribution in [0.15, 0.2) is 34.9 Å². The Bertz CT molecular complexity index is 1020. The maximum Gasteiger partial charge on any atom is 0.205 e. The van der Waals surface area contributed by atoms with Crippen LogP contribution in [0.3, 0.4) is 0 Å². The van der Waals surface area contributed by atoms with Crippen molar-refractivity contribution in [3.63, 3.8) is 0 Å². The molecule has 3 rings (SSSR count). The zero-order valence-corrected chi connectivity index (χ0v) is 17.2. The third-order valence-electron chi connectivity index (χ3n) is 4.96. The molecule has 7 heteroatoms. The average Bonchev–Trinajstić information content (AvgIpc) is 2.64. The van der Waals surface area contributed by atoms with E-state index in [4.69, 9.17) is 38.0 Å². The lowest BCUT2D eigenvalue weighted by molar-refractivity contribution is -0.119. The second-order valence-electron chi connectivity index (χ2n) is 7.73. The van der Waals surface area contributed by atoms with Crippen molar-refractivity contribution in [1.82, 2.24) is 0 Å². The number of nitrogens with zero attached hydrogens (tertiary/aromatic N) is 1. The van der Waals surface area contributed by atoms with Crippen molar-refractivity contribution in [3.05, 3.63) is 45.5 Å². The molecule has 0 saturated carbocycles. The molecule has 0 bridgehead atoms. The maximum absolute atomic E-state index is 13.0. The first kappa shape index (κ1) is 20.6. The monoisotopic (exact) mass is 412 g/mol. The lowest BCUT2D eigenvalue weighted by atomic mass is 9.70. The summed E-state index contributed by atoms with van der Waals surface area (Å²) in [4.78, 5) is 13.0. The summed E-state index contributed by atoms with van der Waals surface area (Å²) in [5.41, 5.74) is 6.97. The Morgan fingerprint density at radius 3 is 2.76 bits per heavy atom. The van der Waals surface area contributed by atoms with Crippen molar-refractivity contribution in [3.8, 4) is 29.9 Å². The van der Waals surface area contributed by atoms with Crippen LogP contribution < -0.4 is 15.2 Å². The predicted octanol–water partition coefficient (Wildman–Crippen LogP) is 3.81. The third-order valence-corrected chi connectivity index (χ3v) is 5.24. The van der Waals surface area contributed by atoms with Crippen molar-refractivity contribution in [2.24, 2.45) is 11.1 Å². The van der Waals surface area contributed by atoms with Crippen LogP contribution in [-0.4, -0.2) is 19.5 Å². The minimum Gasteiger partial charge on any atom is -0.493 e. The Kier molecular flexibility index (Phi) is 5.50. The fraction of sp³-hybridized carbons (Fsp3) is 0.364. The van der Waals surface area contributed by atoms with Gasteiger partial charge in [0.25, 0.3) is 0 Å². The van der Waals surface area contributed by atoms with Gasteiger partial charge in [0.2, 0.25) is 5.88 Å². The van der Waals surface area contributed by atoms with Crippen molar-refractivity contribution in [2.75, 3.05) is 13.7 Å². The molecule has 0 fully saturated rings. The van der Waals surface area contributed by atoms with Gasteiger partial charge in [-0.1, -0.05) is 31.4 Å². The summed E-state index contributed by atoms with van der Waals surface area (Å²) in [6, 6.07) is 5.39. The highest BCUT2D eigenvalue weighted by Crippen LogP contribution is 2.49. The lowest BCUT2D eigenvalue weighted by Crippen LogP contribution is -2.33. The van der Waals surface area contributed by atoms with Gasteiger partial charge in [-0.2, -0.15) is 5.26 Å². The van der Waals surface area contributed by atoms with E-state index in [0.717, 1.165) is 0 Å². The Balaban J connectivity index is 2.19. The predicted molar refractivity (Wildman–Crippen MR) is 108 cm³/mol. The number of carbonyl (C=O) groups is 1. The molecule has 0 spiro atoms. The molecular weight excluding hydrogens is 392 g/mol. The van der Waals surface area contributed by atoms with Crippen LogP contribution in [0.25, 0.3) is 0 Å². The molecule has 0 unspecified atom stereocenters. The summed E-state index contributed by atoms with van der Waals surface area (Å²) in [6.07, 6.45) is 6.14. The number of halogens is 1. The SMILES string of the molecule is C#CCOc1c(Cl)cc([C@H]2C(C#N)=C(N)OC3=C2C(=O)CC(C)(C)C3)cc1OC. The molecular formula is C22H21ClN2O4. The molecule has 1 heterocycles. The zero-order valence-electron chi connectivity index (χ0n) is 16.5. The standard InChI is InChI=1S/C22H21ClN2O4/c1-5-6-28-20-14(23)7-12(8-16(20)27-4)18-13(11-24)21(25)29-17-10-22(2,3)9-15(26)19(17)18/h1,7-8,18H,6,9-10,25H2,2-4H3/t18-/m0/s1. The molecule has 6 nitrogen and oxygen atoms in total. The number of methoxy groups -OCH3 is 1. The second-order valence-corrected chi connectivity index (χ2v) is 8.14. The van der Waals surface area contributed by atoms with Gasteiger partial charge in [-0.25, -0.2) is 0 Å². The van der Waals surface area contributed by atoms with E-state index in [1.54, 1.807) is 12.1 Å². The topological polar surface area (TPSA) is 94.6 Å². The summed E-state index contributed by atoms with van der Waals surface area (Å²) < 4.78 is 16.6. The molecule has 2 aliphatic rings. The number of rotatable bonds is 4. The Hall–Kier alpha value is -3.09. The number of hydrogen-bond donors (Lipinski definition) is 1. The van der Waals surface area contributed by atoms with Gasteiger partial charge in [-0.15, -0.1) is 6.42 Å². The second kappa shape index (κ2) is 7.73. The molecule has 0 aromatic heterocycles. The van der Waals surface area contributed by atoms with Gasteiger partial charge in [0.05, 0.1) is 18.1 Å². The number of nitrogens with two attached hydrogens (primary N) is 1. The molecule has 150 valence electrons. The molecule has 29 heavy (non-hydrogen) atoms. The first-order chi connectivity index (χ1) is 13.7. The van der Waals surface area contributed by atoms with Crippen LogP contribution in [0, 0.1) is 29.1 Å². The van der Waals surface area contributed by atoms with Gasteiger partial charge >= 0.3 is 0 Å². The van der Waals surface area contributed by atoms with Crippen LogP contribution in [0.4, 0.5) is 0 Å². The number of carbonyl (C=O) groups excluding carboxylic acids is 1. The number of nitriles is 1. The lowest BCUT2D eigenvalue weighted by Gasteiger charge is -2.37. The molecule has 1 aromatic carbocycles. The average molecular weight is 413 g/mol. The van der Waals surface area contributed by atoms with Crippen molar-refractivity contribution in [2.45, 2.75) is 32.6 Å². The Morgan fingerprint density at radius 2 is 2.14 bits per heavy atom. The molecule has 2 N–H and O–H groups in total. The number of allylic oxidation sites excluding steroid dienone is 3. The van der Waals surface area contributed by atoms with Gasteiger partial charge in [-0.3, -0.25) is 4.79 Å². The molecule has 1 aromatic rings. The van der Waals surface area contributed by atoms with E-state index in [1.807, 2.05) is 13.8 Å². The zero-order chi connectivity index (χ0) is 21.3. The highest BCUT2D eigenvalue weighted by atomic mass is 35.5. The van der Waals surface area contributed by atoms with E-state index in [9.17, 15) is 10.1 Å². The number of benzene rings is 1. The molecule has 1 aliphatic carbocycles. The first-order valence-electron chi connectivity index (χ1n) is 9.00. The van der Waals surface area contributed by atoms with Crippen molar-refractivity contribution < 1.29 is 19.0 Å². The van der Waals surface area contributed by atoms with Crippen LogP contribution in [0.5, 0.6) is 11.5 Å². The molecule has 1 atom stereocenters. The quantitative estimate of drug-likeness (QED) is 0.755. The first-order valence-corrected chi connectivity index (χ1v) is 9.37. The number of Topliss-reactive ketones (excluding diaryl/α,β-unsaturated/α-hetero) is 1. The van der Waals surface area contributed by atoms with Crippen molar-refractivity contribution in [1.29, 1.82) is 5.26 Å². The van der Waals surface area contributed by atoms with Gasteiger partial charge in [0.15, 0.2) is 17.3 Å². The molecule has 0 saturated heterocycles. The number of ketones is 1. The molecule has 0 amide bonds. The third kappa shape index (κ3) is 3.77. The summed E-state index contributed by atoms with van der Waals surface area (Å²) in [6.45, 7) is 4.00. The van der Waals surface area contributed by atoms with E-state index >= 15 is 0 Å². The fourth-order valence-corrected chi connectivity index (χ4v) is 4.05. The maximum atomic E-state index is 13.0. The van der Waals surface area contributed by atoms with Crippen LogP contribution in [0.2, 0.25) is 5.02 Å². The minimum atomic E-state index is -0.694. The smallest absolute Gasteiger partial charge is 0.205 e. The Morgan fingerprint density at radius 1 is 1.41 bits per heavy atom.